The van der Waals surface area contributed by atoms with Gasteiger partial charge in [0.25, 0.3) is 0 Å². The van der Waals surface area contributed by atoms with Crippen LogP contribution in [0.4, 0.5) is 0 Å². The van der Waals surface area contributed by atoms with Crippen LogP contribution in [0.2, 0.25) is 0 Å². The summed E-state index contributed by atoms with van der Waals surface area (Å²) in [4.78, 5) is 0. The molecule has 0 radical (unpaired) electrons. The summed E-state index contributed by atoms with van der Waals surface area (Å²) in [6.07, 6.45) is 2.25. The second-order valence-corrected chi connectivity index (χ2v) is 2.80. The molecule has 0 aromatic carbocycles. The molecule has 0 saturated carbocycles. The summed E-state index contributed by atoms with van der Waals surface area (Å²) in [5, 5.41) is 0. The summed E-state index contributed by atoms with van der Waals surface area (Å²) in [7, 11) is 2.44. The first kappa shape index (κ1) is 5.79. The van der Waals surface area contributed by atoms with Crippen LogP contribution in [0.25, 0.3) is 0 Å². The summed E-state index contributed by atoms with van der Waals surface area (Å²) in [6, 6.07) is 0. The Kier molecular flexibility index (Phi) is 5.56. The zero-order chi connectivity index (χ0) is 4.12. The molecular weight excluding hydrogens is 96.8 g/mol. The van der Waals surface area contributed by atoms with Gasteiger partial charge in [0.15, 0.2) is 0 Å². The van der Waals surface area contributed by atoms with Gasteiger partial charge in [0.2, 0.25) is 0 Å². The predicted molar refractivity (Wildman–Crippen MR) is 32.8 cm³/mol. The van der Waals surface area contributed by atoms with Crippen LogP contribution in [0.1, 0.15) is 0 Å². The Labute approximate surface area is 37.1 Å². The van der Waals surface area contributed by atoms with Gasteiger partial charge in [-0.25, -0.2) is 0 Å². The molecule has 0 amide bonds. The molecule has 0 fully saturated rings. The zero-order valence-corrected chi connectivity index (χ0v) is 5.42. The van der Waals surface area contributed by atoms with Gasteiger partial charge in [-0.2, -0.15) is 0 Å². The fraction of sp³-hybridized carbons (Fsp3) is 1.00. The minimum absolute atomic E-state index is 1.02. The predicted octanol–water partition coefficient (Wildman–Crippen LogP) is 1.40. The Balaban J connectivity index is 2.62. The fourth-order valence-corrected chi connectivity index (χ4v) is 1.16. The van der Waals surface area contributed by atoms with E-state index in [4.69, 9.17) is 0 Å². The molecule has 0 aliphatic rings. The van der Waals surface area contributed by atoms with Crippen molar-refractivity contribution in [2.24, 2.45) is 0 Å². The first-order valence-corrected chi connectivity index (χ1v) is 4.48. The van der Waals surface area contributed by atoms with E-state index in [1.165, 1.54) is 8.07 Å². The van der Waals surface area contributed by atoms with Crippen molar-refractivity contribution in [3.05, 3.63) is 0 Å². The van der Waals surface area contributed by atoms with E-state index in [0.717, 1.165) is 8.46 Å². The average molecular weight is 104 g/mol. The molecule has 0 spiro atoms. The molecule has 0 saturated heterocycles. The summed E-state index contributed by atoms with van der Waals surface area (Å²) >= 11 is 0. The van der Waals surface area contributed by atoms with E-state index in [-0.39, 0.29) is 0 Å². The van der Waals surface area contributed by atoms with Gasteiger partial charge in [-0.3, -0.25) is 0 Å². The summed E-state index contributed by atoms with van der Waals surface area (Å²) in [5.74, 6) is 0. The van der Waals surface area contributed by atoms with Crippen LogP contribution in [0, 0.1) is 0 Å². The molecule has 0 aromatic heterocycles. The summed E-state index contributed by atoms with van der Waals surface area (Å²) in [5.41, 5.74) is 0. The van der Waals surface area contributed by atoms with Crippen LogP contribution in [-0.2, 0) is 0 Å². The van der Waals surface area contributed by atoms with E-state index in [2.05, 4.69) is 19.7 Å². The molecule has 0 aromatic rings. The molecule has 0 rings (SSSR count). The third kappa shape index (κ3) is 4.79. The van der Waals surface area contributed by atoms with Crippen molar-refractivity contribution in [3.8, 4) is 0 Å². The second kappa shape index (κ2) is 4.79. The molecule has 0 nitrogen and oxygen atoms in total. The average Bonchev–Trinajstić information content (AvgIpc) is 1.41. The molecule has 0 aliphatic heterocycles. The fourth-order valence-electron chi connectivity index (χ4n) is 0.129. The van der Waals surface area contributed by atoms with E-state index in [1.54, 1.807) is 0 Å². The van der Waals surface area contributed by atoms with Crippen molar-refractivity contribution in [1.29, 1.82) is 0 Å². The third-order valence-electron chi connectivity index (χ3n) is 0.258. The van der Waals surface area contributed by atoms with E-state index >= 15 is 0 Å². The Morgan fingerprint density at radius 2 is 2.40 bits per heavy atom. The number of hydrogen-bond acceptors (Lipinski definition) is 0. The number of hydrogen-bond donors (Lipinski definition) is 0. The van der Waals surface area contributed by atoms with Gasteiger partial charge < -0.3 is 0 Å². The van der Waals surface area contributed by atoms with Crippen molar-refractivity contribution in [2.75, 3.05) is 13.3 Å². The van der Waals surface area contributed by atoms with Gasteiger partial charge in [-0.05, 0) is 0 Å². The van der Waals surface area contributed by atoms with Gasteiger partial charge in [0.05, 0.1) is 0 Å². The Morgan fingerprint density at radius 1 is 1.80 bits per heavy atom. The van der Waals surface area contributed by atoms with Gasteiger partial charge in [0, 0.05) is 0 Å². The van der Waals surface area contributed by atoms with Crippen LogP contribution in [0.15, 0.2) is 0 Å². The second-order valence-electron chi connectivity index (χ2n) is 0.676. The SMILES string of the molecule is C/P=B/PC. The topological polar surface area (TPSA) is 0 Å². The maximum atomic E-state index is 2.25. The van der Waals surface area contributed by atoms with Crippen molar-refractivity contribution < 1.29 is 0 Å². The summed E-state index contributed by atoms with van der Waals surface area (Å²) < 4.78 is 0. The molecule has 5 heavy (non-hydrogen) atoms. The quantitative estimate of drug-likeness (QED) is 0.348. The third-order valence-corrected chi connectivity index (χ3v) is 2.32. The number of rotatable bonds is 1. The van der Waals surface area contributed by atoms with Gasteiger partial charge >= 0.3 is 36.2 Å². The monoisotopic (exact) mass is 104 g/mol. The van der Waals surface area contributed by atoms with E-state index < -0.39 is 0 Å². The van der Waals surface area contributed by atoms with Crippen molar-refractivity contribution in [2.45, 2.75) is 0 Å². The van der Waals surface area contributed by atoms with Gasteiger partial charge in [-0.1, -0.05) is 0 Å². The van der Waals surface area contributed by atoms with Gasteiger partial charge in [0.1, 0.15) is 0 Å². The molecule has 1 atom stereocenters. The Bertz CT molecular complexity index is 34.6. The van der Waals surface area contributed by atoms with Gasteiger partial charge in [-0.15, -0.1) is 0 Å². The summed E-state index contributed by atoms with van der Waals surface area (Å²) in [6.45, 7) is 4.31. The standard InChI is InChI=1S/C2H7BP2/c1-4-3-5-2/h4H,1-2H3. The molecule has 0 N–H and O–H groups in total. The molecule has 0 aliphatic carbocycles. The van der Waals surface area contributed by atoms with E-state index in [0.29, 0.717) is 0 Å². The molecule has 28 valence electrons. The Morgan fingerprint density at radius 3 is 2.40 bits per heavy atom. The molecular formula is C2H7BP2. The zero-order valence-electron chi connectivity index (χ0n) is 3.52. The van der Waals surface area contributed by atoms with E-state index in [9.17, 15) is 0 Å². The van der Waals surface area contributed by atoms with Crippen molar-refractivity contribution in [1.82, 2.24) is 0 Å². The molecule has 1 unspecified atom stereocenters. The Hall–Kier alpha value is 0.795. The molecule has 0 heterocycles. The maximum absolute atomic E-state index is 2.25. The van der Waals surface area contributed by atoms with Crippen LogP contribution in [0.5, 0.6) is 0 Å². The molecule has 0 bridgehead atoms. The minimum atomic E-state index is 1.02. The first-order chi connectivity index (χ1) is 2.41. The first-order valence-electron chi connectivity index (χ1n) is 1.49. The van der Waals surface area contributed by atoms with Crippen molar-refractivity contribution in [3.63, 3.8) is 0 Å². The van der Waals surface area contributed by atoms with Crippen LogP contribution in [-0.4, -0.2) is 19.7 Å². The van der Waals surface area contributed by atoms with Crippen LogP contribution in [0.3, 0.4) is 0 Å². The van der Waals surface area contributed by atoms with Crippen LogP contribution < -0.4 is 0 Å². The van der Waals surface area contributed by atoms with Crippen LogP contribution >= 0.6 is 16.5 Å². The van der Waals surface area contributed by atoms with E-state index in [1.807, 2.05) is 0 Å². The van der Waals surface area contributed by atoms with Crippen molar-refractivity contribution >= 4 is 22.9 Å². The normalized spacial score (nSPS) is 10.8. The molecule has 3 heteroatoms.